The van der Waals surface area contributed by atoms with Crippen molar-refractivity contribution in [3.05, 3.63) is 71.2 Å². The van der Waals surface area contributed by atoms with Crippen LogP contribution in [-0.4, -0.2) is 9.38 Å². The molecule has 1 atom stereocenters. The molecular weight excluding hydrogens is 246 g/mol. The third-order valence-corrected chi connectivity index (χ3v) is 3.54. The van der Waals surface area contributed by atoms with Crippen LogP contribution in [0.15, 0.2) is 48.7 Å². The summed E-state index contributed by atoms with van der Waals surface area (Å²) >= 11 is 0. The zero-order valence-corrected chi connectivity index (χ0v) is 11.9. The highest BCUT2D eigenvalue weighted by Crippen LogP contribution is 2.21. The Morgan fingerprint density at radius 2 is 1.95 bits per heavy atom. The van der Waals surface area contributed by atoms with Gasteiger partial charge in [0.05, 0.1) is 11.4 Å². The number of nitrogens with zero attached hydrogens (tertiary/aromatic N) is 2. The standard InChI is InChI=1S/C17H19N3/c1-12-8-9-20-16(10-12)19-15(17(20)13(2)18)11-14-6-4-3-5-7-14/h3-10,13H,11,18H2,1-2H3. The molecule has 0 spiro atoms. The molecule has 102 valence electrons. The summed E-state index contributed by atoms with van der Waals surface area (Å²) in [5.41, 5.74) is 11.8. The summed E-state index contributed by atoms with van der Waals surface area (Å²) < 4.78 is 2.11. The first-order chi connectivity index (χ1) is 9.65. The van der Waals surface area contributed by atoms with Gasteiger partial charge in [-0.15, -0.1) is 0 Å². The van der Waals surface area contributed by atoms with Crippen molar-refractivity contribution < 1.29 is 0 Å². The highest BCUT2D eigenvalue weighted by Gasteiger charge is 2.15. The molecule has 0 saturated heterocycles. The van der Waals surface area contributed by atoms with E-state index in [0.29, 0.717) is 0 Å². The van der Waals surface area contributed by atoms with Gasteiger partial charge in [0, 0.05) is 18.7 Å². The number of benzene rings is 1. The Labute approximate surface area is 119 Å². The van der Waals surface area contributed by atoms with Gasteiger partial charge in [-0.1, -0.05) is 30.3 Å². The van der Waals surface area contributed by atoms with Crippen LogP contribution in [0, 0.1) is 6.92 Å². The van der Waals surface area contributed by atoms with Gasteiger partial charge in [-0.25, -0.2) is 4.98 Å². The summed E-state index contributed by atoms with van der Waals surface area (Å²) in [6.45, 7) is 4.09. The molecule has 3 aromatic rings. The zero-order valence-electron chi connectivity index (χ0n) is 11.9. The van der Waals surface area contributed by atoms with Crippen molar-refractivity contribution in [3.63, 3.8) is 0 Å². The molecule has 2 N–H and O–H groups in total. The molecule has 20 heavy (non-hydrogen) atoms. The maximum absolute atomic E-state index is 6.16. The van der Waals surface area contributed by atoms with Crippen molar-refractivity contribution in [2.45, 2.75) is 26.3 Å². The minimum absolute atomic E-state index is 0.0357. The SMILES string of the molecule is Cc1ccn2c(C(C)N)c(Cc3ccccc3)nc2c1. The Bertz CT molecular complexity index is 727. The lowest BCUT2D eigenvalue weighted by atomic mass is 10.1. The summed E-state index contributed by atoms with van der Waals surface area (Å²) in [6.07, 6.45) is 2.88. The van der Waals surface area contributed by atoms with E-state index in [0.717, 1.165) is 23.5 Å². The first-order valence-electron chi connectivity index (χ1n) is 6.92. The summed E-state index contributed by atoms with van der Waals surface area (Å²) in [6, 6.07) is 14.5. The molecule has 0 saturated carbocycles. The molecule has 1 unspecified atom stereocenters. The first-order valence-corrected chi connectivity index (χ1v) is 6.92. The smallest absolute Gasteiger partial charge is 0.137 e. The summed E-state index contributed by atoms with van der Waals surface area (Å²) in [5, 5.41) is 0. The van der Waals surface area contributed by atoms with E-state index in [2.05, 4.69) is 53.9 Å². The normalized spacial score (nSPS) is 12.8. The van der Waals surface area contributed by atoms with E-state index in [9.17, 15) is 0 Å². The second kappa shape index (κ2) is 5.10. The molecule has 0 bridgehead atoms. The van der Waals surface area contributed by atoms with Crippen LogP contribution in [0.4, 0.5) is 0 Å². The average Bonchev–Trinajstić information content (AvgIpc) is 2.76. The average molecular weight is 265 g/mol. The number of hydrogen-bond donors (Lipinski definition) is 1. The quantitative estimate of drug-likeness (QED) is 0.790. The van der Waals surface area contributed by atoms with E-state index in [1.807, 2.05) is 13.0 Å². The fourth-order valence-electron chi connectivity index (χ4n) is 2.62. The van der Waals surface area contributed by atoms with Crippen molar-refractivity contribution in [1.82, 2.24) is 9.38 Å². The fraction of sp³-hybridized carbons (Fsp3) is 0.235. The van der Waals surface area contributed by atoms with E-state index in [1.54, 1.807) is 0 Å². The van der Waals surface area contributed by atoms with Crippen LogP contribution in [0.3, 0.4) is 0 Å². The topological polar surface area (TPSA) is 43.3 Å². The third-order valence-electron chi connectivity index (χ3n) is 3.54. The lowest BCUT2D eigenvalue weighted by Gasteiger charge is -2.09. The molecule has 3 nitrogen and oxygen atoms in total. The van der Waals surface area contributed by atoms with Crippen molar-refractivity contribution in [2.24, 2.45) is 5.73 Å². The molecular formula is C17H19N3. The Balaban J connectivity index is 2.12. The highest BCUT2D eigenvalue weighted by molar-refractivity contribution is 5.47. The molecule has 0 aliphatic carbocycles. The van der Waals surface area contributed by atoms with Crippen LogP contribution in [0.1, 0.15) is 35.5 Å². The molecule has 0 radical (unpaired) electrons. The van der Waals surface area contributed by atoms with Gasteiger partial charge in [0.1, 0.15) is 5.65 Å². The van der Waals surface area contributed by atoms with Gasteiger partial charge in [-0.05, 0) is 37.1 Å². The van der Waals surface area contributed by atoms with Gasteiger partial charge >= 0.3 is 0 Å². The third kappa shape index (κ3) is 2.32. The maximum Gasteiger partial charge on any atom is 0.137 e. The predicted octanol–water partition coefficient (Wildman–Crippen LogP) is 3.25. The van der Waals surface area contributed by atoms with Gasteiger partial charge in [0.2, 0.25) is 0 Å². The largest absolute Gasteiger partial charge is 0.323 e. The maximum atomic E-state index is 6.16. The number of rotatable bonds is 3. The highest BCUT2D eigenvalue weighted by atomic mass is 15.0. The van der Waals surface area contributed by atoms with Crippen molar-refractivity contribution in [3.8, 4) is 0 Å². The number of hydrogen-bond acceptors (Lipinski definition) is 2. The van der Waals surface area contributed by atoms with Crippen LogP contribution in [-0.2, 0) is 6.42 Å². The van der Waals surface area contributed by atoms with Gasteiger partial charge in [-0.3, -0.25) is 0 Å². The number of nitrogens with two attached hydrogens (primary N) is 1. The lowest BCUT2D eigenvalue weighted by Crippen LogP contribution is -2.11. The molecule has 0 amide bonds. The minimum Gasteiger partial charge on any atom is -0.323 e. The van der Waals surface area contributed by atoms with Crippen LogP contribution < -0.4 is 5.73 Å². The molecule has 2 heterocycles. The Kier molecular flexibility index (Phi) is 3.28. The van der Waals surface area contributed by atoms with Gasteiger partial charge in [-0.2, -0.15) is 0 Å². The van der Waals surface area contributed by atoms with E-state index in [-0.39, 0.29) is 6.04 Å². The number of pyridine rings is 1. The Morgan fingerprint density at radius 1 is 1.20 bits per heavy atom. The van der Waals surface area contributed by atoms with Crippen LogP contribution in [0.2, 0.25) is 0 Å². The monoisotopic (exact) mass is 265 g/mol. The van der Waals surface area contributed by atoms with E-state index in [4.69, 9.17) is 10.7 Å². The summed E-state index contributed by atoms with van der Waals surface area (Å²) in [4.78, 5) is 4.77. The zero-order chi connectivity index (χ0) is 14.1. The molecule has 0 aliphatic rings. The van der Waals surface area contributed by atoms with Crippen LogP contribution >= 0.6 is 0 Å². The minimum atomic E-state index is -0.0357. The first kappa shape index (κ1) is 12.9. The van der Waals surface area contributed by atoms with Crippen molar-refractivity contribution in [1.29, 1.82) is 0 Å². The Hall–Kier alpha value is -2.13. The second-order valence-electron chi connectivity index (χ2n) is 5.33. The molecule has 3 rings (SSSR count). The molecule has 0 aliphatic heterocycles. The van der Waals surface area contributed by atoms with Crippen molar-refractivity contribution >= 4 is 5.65 Å². The second-order valence-corrected chi connectivity index (χ2v) is 5.33. The molecule has 1 aromatic carbocycles. The fourth-order valence-corrected chi connectivity index (χ4v) is 2.62. The van der Waals surface area contributed by atoms with Gasteiger partial charge < -0.3 is 10.1 Å². The van der Waals surface area contributed by atoms with Gasteiger partial charge in [0.25, 0.3) is 0 Å². The van der Waals surface area contributed by atoms with E-state index in [1.165, 1.54) is 11.1 Å². The molecule has 0 fully saturated rings. The lowest BCUT2D eigenvalue weighted by molar-refractivity contribution is 0.755. The van der Waals surface area contributed by atoms with Gasteiger partial charge in [0.15, 0.2) is 0 Å². The predicted molar refractivity (Wildman–Crippen MR) is 81.8 cm³/mol. The van der Waals surface area contributed by atoms with E-state index < -0.39 is 0 Å². The summed E-state index contributed by atoms with van der Waals surface area (Å²) in [5.74, 6) is 0. The summed E-state index contributed by atoms with van der Waals surface area (Å²) in [7, 11) is 0. The number of imidazole rings is 1. The molecule has 2 aromatic heterocycles. The number of aromatic nitrogens is 2. The van der Waals surface area contributed by atoms with Crippen molar-refractivity contribution in [2.75, 3.05) is 0 Å². The van der Waals surface area contributed by atoms with Crippen LogP contribution in [0.25, 0.3) is 5.65 Å². The molecule has 3 heteroatoms. The van der Waals surface area contributed by atoms with E-state index >= 15 is 0 Å². The van der Waals surface area contributed by atoms with Crippen LogP contribution in [0.5, 0.6) is 0 Å². The number of aryl methyl sites for hydroxylation is 1. The number of fused-ring (bicyclic) bond motifs is 1. The Morgan fingerprint density at radius 3 is 2.65 bits per heavy atom.